The van der Waals surface area contributed by atoms with E-state index in [-0.39, 0.29) is 6.61 Å². The second-order valence-corrected chi connectivity index (χ2v) is 5.10. The summed E-state index contributed by atoms with van der Waals surface area (Å²) in [4.78, 5) is 4.70. The maximum atomic E-state index is 8.91. The number of rotatable bonds is 7. The zero-order valence-electron chi connectivity index (χ0n) is 12.0. The Morgan fingerprint density at radius 1 is 1.00 bits per heavy atom. The molecule has 0 bridgehead atoms. The smallest absolute Gasteiger partial charge is 0.119 e. The molecule has 2 rings (SSSR count). The monoisotopic (exact) mass is 279 g/mol. The van der Waals surface area contributed by atoms with Crippen LogP contribution in [0.25, 0.3) is 0 Å². The molecular weight excluding hydrogens is 254 g/mol. The molecule has 0 aliphatic carbocycles. The van der Waals surface area contributed by atoms with Gasteiger partial charge >= 0.3 is 0 Å². The molecule has 1 aromatic rings. The van der Waals surface area contributed by atoms with E-state index < -0.39 is 0 Å². The normalized spacial score (nSPS) is 17.3. The number of nitrogens with two attached hydrogens (primary N) is 1. The summed E-state index contributed by atoms with van der Waals surface area (Å²) in [6.07, 6.45) is 0. The summed E-state index contributed by atoms with van der Waals surface area (Å²) in [5.74, 6) is 0.904. The van der Waals surface area contributed by atoms with Crippen LogP contribution in [0.1, 0.15) is 5.56 Å². The van der Waals surface area contributed by atoms with Crippen LogP contribution in [0, 0.1) is 0 Å². The first-order valence-electron chi connectivity index (χ1n) is 7.29. The van der Waals surface area contributed by atoms with Crippen LogP contribution < -0.4 is 10.5 Å². The SMILES string of the molecule is NCc1ccc(OCCN2CCN(CCO)CC2)cc1. The van der Waals surface area contributed by atoms with Crippen molar-refractivity contribution in [2.45, 2.75) is 6.54 Å². The van der Waals surface area contributed by atoms with Crippen LogP contribution in [0.3, 0.4) is 0 Å². The number of piperazine rings is 1. The lowest BCUT2D eigenvalue weighted by Crippen LogP contribution is -2.48. The predicted octanol–water partition coefficient (Wildman–Crippen LogP) is 0.134. The summed E-state index contributed by atoms with van der Waals surface area (Å²) in [6, 6.07) is 7.95. The van der Waals surface area contributed by atoms with Gasteiger partial charge in [0.05, 0.1) is 6.61 Å². The minimum Gasteiger partial charge on any atom is -0.492 e. The Labute approximate surface area is 120 Å². The Balaban J connectivity index is 1.63. The van der Waals surface area contributed by atoms with Crippen LogP contribution in [-0.2, 0) is 6.54 Å². The number of benzene rings is 1. The number of aliphatic hydroxyl groups is 1. The summed E-state index contributed by atoms with van der Waals surface area (Å²) in [7, 11) is 0. The minimum absolute atomic E-state index is 0.252. The van der Waals surface area contributed by atoms with Crippen LogP contribution in [0.15, 0.2) is 24.3 Å². The third kappa shape index (κ3) is 4.76. The van der Waals surface area contributed by atoms with Gasteiger partial charge in [0, 0.05) is 45.8 Å². The van der Waals surface area contributed by atoms with E-state index in [1.165, 1.54) is 0 Å². The van der Waals surface area contributed by atoms with Gasteiger partial charge in [0.1, 0.15) is 12.4 Å². The molecule has 5 nitrogen and oxygen atoms in total. The Kier molecular flexibility index (Phi) is 6.26. The van der Waals surface area contributed by atoms with E-state index in [1.807, 2.05) is 24.3 Å². The van der Waals surface area contributed by atoms with Crippen molar-refractivity contribution in [1.29, 1.82) is 0 Å². The molecule has 1 fully saturated rings. The summed E-state index contributed by atoms with van der Waals surface area (Å²) >= 11 is 0. The molecule has 1 aromatic carbocycles. The standard InChI is InChI=1S/C15H25N3O2/c16-13-14-1-3-15(4-2-14)20-12-10-18-7-5-17(6-8-18)9-11-19/h1-4,19H,5-13,16H2. The Morgan fingerprint density at radius 3 is 2.15 bits per heavy atom. The number of hydrogen-bond donors (Lipinski definition) is 2. The Bertz CT molecular complexity index is 375. The first-order chi connectivity index (χ1) is 9.81. The molecule has 20 heavy (non-hydrogen) atoms. The van der Waals surface area contributed by atoms with E-state index in [0.29, 0.717) is 13.2 Å². The summed E-state index contributed by atoms with van der Waals surface area (Å²) in [6.45, 7) is 7.44. The number of ether oxygens (including phenoxy) is 1. The number of nitrogens with zero attached hydrogens (tertiary/aromatic N) is 2. The second-order valence-electron chi connectivity index (χ2n) is 5.10. The second kappa shape index (κ2) is 8.21. The van der Waals surface area contributed by atoms with Crippen molar-refractivity contribution in [2.24, 2.45) is 5.73 Å². The fourth-order valence-corrected chi connectivity index (χ4v) is 2.39. The Morgan fingerprint density at radius 2 is 1.60 bits per heavy atom. The third-order valence-corrected chi connectivity index (χ3v) is 3.72. The maximum absolute atomic E-state index is 8.91. The quantitative estimate of drug-likeness (QED) is 0.743. The average molecular weight is 279 g/mol. The molecule has 5 heteroatoms. The van der Waals surface area contributed by atoms with Gasteiger partial charge in [-0.1, -0.05) is 12.1 Å². The largest absolute Gasteiger partial charge is 0.492 e. The summed E-state index contributed by atoms with van der Waals surface area (Å²) in [5, 5.41) is 8.91. The van der Waals surface area contributed by atoms with Crippen molar-refractivity contribution in [3.8, 4) is 5.75 Å². The summed E-state index contributed by atoms with van der Waals surface area (Å²) in [5.41, 5.74) is 6.69. The fraction of sp³-hybridized carbons (Fsp3) is 0.600. The van der Waals surface area contributed by atoms with Crippen LogP contribution in [0.5, 0.6) is 5.75 Å². The zero-order valence-corrected chi connectivity index (χ0v) is 12.0. The first kappa shape index (κ1) is 15.3. The highest BCUT2D eigenvalue weighted by Crippen LogP contribution is 2.11. The molecule has 0 amide bonds. The Hall–Kier alpha value is -1.14. The van der Waals surface area contributed by atoms with Crippen LogP contribution >= 0.6 is 0 Å². The van der Waals surface area contributed by atoms with Gasteiger partial charge in [-0.2, -0.15) is 0 Å². The van der Waals surface area contributed by atoms with E-state index in [1.54, 1.807) is 0 Å². The van der Waals surface area contributed by atoms with Gasteiger partial charge in [-0.3, -0.25) is 9.80 Å². The molecule has 1 heterocycles. The molecular formula is C15H25N3O2. The minimum atomic E-state index is 0.252. The molecule has 0 atom stereocenters. The van der Waals surface area contributed by atoms with Gasteiger partial charge in [0.2, 0.25) is 0 Å². The number of hydrogen-bond acceptors (Lipinski definition) is 5. The topological polar surface area (TPSA) is 62.0 Å². The molecule has 0 unspecified atom stereocenters. The van der Waals surface area contributed by atoms with E-state index in [4.69, 9.17) is 15.6 Å². The zero-order chi connectivity index (χ0) is 14.2. The van der Waals surface area contributed by atoms with E-state index >= 15 is 0 Å². The lowest BCUT2D eigenvalue weighted by molar-refractivity contribution is 0.102. The average Bonchev–Trinajstić information content (AvgIpc) is 2.50. The van der Waals surface area contributed by atoms with Gasteiger partial charge in [0.15, 0.2) is 0 Å². The van der Waals surface area contributed by atoms with Crippen molar-refractivity contribution in [2.75, 3.05) is 52.5 Å². The number of aliphatic hydroxyl groups excluding tert-OH is 1. The molecule has 112 valence electrons. The van der Waals surface area contributed by atoms with Crippen molar-refractivity contribution in [1.82, 2.24) is 9.80 Å². The molecule has 0 aromatic heterocycles. The third-order valence-electron chi connectivity index (χ3n) is 3.72. The van der Waals surface area contributed by atoms with Gasteiger partial charge in [-0.05, 0) is 17.7 Å². The van der Waals surface area contributed by atoms with Crippen molar-refractivity contribution >= 4 is 0 Å². The highest BCUT2D eigenvalue weighted by molar-refractivity contribution is 5.27. The number of β-amino-alcohol motifs (C(OH)–C–C–N with tert-alkyl or cyclic N) is 1. The highest BCUT2D eigenvalue weighted by Gasteiger charge is 2.15. The maximum Gasteiger partial charge on any atom is 0.119 e. The fourth-order valence-electron chi connectivity index (χ4n) is 2.39. The summed E-state index contributed by atoms with van der Waals surface area (Å²) < 4.78 is 5.75. The predicted molar refractivity (Wildman–Crippen MR) is 79.8 cm³/mol. The first-order valence-corrected chi connectivity index (χ1v) is 7.29. The molecule has 1 aliphatic rings. The van der Waals surface area contributed by atoms with E-state index in [9.17, 15) is 0 Å². The lowest BCUT2D eigenvalue weighted by atomic mass is 10.2. The molecule has 3 N–H and O–H groups in total. The molecule has 0 saturated carbocycles. The molecule has 1 saturated heterocycles. The van der Waals surface area contributed by atoms with Gasteiger partial charge < -0.3 is 15.6 Å². The highest BCUT2D eigenvalue weighted by atomic mass is 16.5. The van der Waals surface area contributed by atoms with Crippen LogP contribution in [-0.4, -0.2) is 67.4 Å². The van der Waals surface area contributed by atoms with E-state index in [0.717, 1.165) is 50.6 Å². The van der Waals surface area contributed by atoms with Gasteiger partial charge in [-0.15, -0.1) is 0 Å². The molecule has 1 aliphatic heterocycles. The van der Waals surface area contributed by atoms with E-state index in [2.05, 4.69) is 9.80 Å². The molecule has 0 spiro atoms. The van der Waals surface area contributed by atoms with Crippen LogP contribution in [0.2, 0.25) is 0 Å². The molecule has 0 radical (unpaired) electrons. The van der Waals surface area contributed by atoms with Crippen molar-refractivity contribution in [3.63, 3.8) is 0 Å². The van der Waals surface area contributed by atoms with Gasteiger partial charge in [0.25, 0.3) is 0 Å². The van der Waals surface area contributed by atoms with Crippen LogP contribution in [0.4, 0.5) is 0 Å². The van der Waals surface area contributed by atoms with Crippen molar-refractivity contribution in [3.05, 3.63) is 29.8 Å². The van der Waals surface area contributed by atoms with Crippen molar-refractivity contribution < 1.29 is 9.84 Å². The van der Waals surface area contributed by atoms with Gasteiger partial charge in [-0.25, -0.2) is 0 Å². The lowest BCUT2D eigenvalue weighted by Gasteiger charge is -2.34.